The molecule has 1 heterocycles. The molecule has 1 aromatic heterocycles. The number of pyridine rings is 1. The number of hydrogen-bond donors (Lipinski definition) is 0. The largest absolute Gasteiger partial charge is 0.244 e. The van der Waals surface area contributed by atoms with Gasteiger partial charge in [-0.25, -0.2) is 4.98 Å². The van der Waals surface area contributed by atoms with Crippen LogP contribution in [0.4, 0.5) is 0 Å². The maximum atomic E-state index is 5.70. The fourth-order valence-electron chi connectivity index (χ4n) is 1.11. The standard InChI is InChI=1S/C10H13BrClN/c1-10(2,7-11)5-8-3-4-9(12)13-6-8/h3-4,6H,5,7H2,1-2H3. The van der Waals surface area contributed by atoms with Crippen molar-refractivity contribution in [2.45, 2.75) is 20.3 Å². The third kappa shape index (κ3) is 3.65. The molecule has 0 aliphatic heterocycles. The monoisotopic (exact) mass is 261 g/mol. The molecule has 0 aliphatic carbocycles. The van der Waals surface area contributed by atoms with Crippen LogP contribution >= 0.6 is 27.5 Å². The number of halogens is 2. The summed E-state index contributed by atoms with van der Waals surface area (Å²) in [5.41, 5.74) is 1.50. The Morgan fingerprint density at radius 2 is 2.15 bits per heavy atom. The van der Waals surface area contributed by atoms with Crippen LogP contribution in [0.5, 0.6) is 0 Å². The van der Waals surface area contributed by atoms with Gasteiger partial charge in [0.25, 0.3) is 0 Å². The molecule has 3 heteroatoms. The zero-order valence-electron chi connectivity index (χ0n) is 7.85. The van der Waals surface area contributed by atoms with E-state index in [1.54, 1.807) is 0 Å². The van der Waals surface area contributed by atoms with Gasteiger partial charge >= 0.3 is 0 Å². The minimum absolute atomic E-state index is 0.273. The van der Waals surface area contributed by atoms with E-state index in [0.717, 1.165) is 11.8 Å². The number of aromatic nitrogens is 1. The summed E-state index contributed by atoms with van der Waals surface area (Å²) < 4.78 is 0. The van der Waals surface area contributed by atoms with Crippen LogP contribution in [0.3, 0.4) is 0 Å². The van der Waals surface area contributed by atoms with E-state index in [-0.39, 0.29) is 5.41 Å². The van der Waals surface area contributed by atoms with Crippen LogP contribution < -0.4 is 0 Å². The van der Waals surface area contributed by atoms with E-state index in [4.69, 9.17) is 11.6 Å². The Hall–Kier alpha value is -0.0800. The Balaban J connectivity index is 2.69. The highest BCUT2D eigenvalue weighted by Gasteiger charge is 2.16. The lowest BCUT2D eigenvalue weighted by Gasteiger charge is -2.21. The average Bonchev–Trinajstić information content (AvgIpc) is 2.09. The van der Waals surface area contributed by atoms with Gasteiger partial charge in [0.2, 0.25) is 0 Å². The lowest BCUT2D eigenvalue weighted by molar-refractivity contribution is 0.424. The van der Waals surface area contributed by atoms with Crippen LogP contribution in [0.15, 0.2) is 18.3 Å². The Labute approximate surface area is 92.6 Å². The highest BCUT2D eigenvalue weighted by atomic mass is 79.9. The molecule has 1 nitrogen and oxygen atoms in total. The predicted molar refractivity (Wildman–Crippen MR) is 60.5 cm³/mol. The smallest absolute Gasteiger partial charge is 0.129 e. The van der Waals surface area contributed by atoms with Gasteiger partial charge in [-0.3, -0.25) is 0 Å². The summed E-state index contributed by atoms with van der Waals surface area (Å²) in [6.07, 6.45) is 2.86. The molecule has 0 aliphatic rings. The molecule has 0 radical (unpaired) electrons. The molecule has 72 valence electrons. The molecule has 0 bridgehead atoms. The summed E-state index contributed by atoms with van der Waals surface area (Å²) >= 11 is 9.19. The Morgan fingerprint density at radius 1 is 1.46 bits per heavy atom. The van der Waals surface area contributed by atoms with Gasteiger partial charge in [0, 0.05) is 11.5 Å². The normalized spacial score (nSPS) is 11.7. The first kappa shape index (κ1) is 11.0. The van der Waals surface area contributed by atoms with Gasteiger partial charge in [0.15, 0.2) is 0 Å². The van der Waals surface area contributed by atoms with Crippen molar-refractivity contribution in [2.24, 2.45) is 5.41 Å². The van der Waals surface area contributed by atoms with E-state index in [1.807, 2.05) is 18.3 Å². The zero-order valence-corrected chi connectivity index (χ0v) is 10.2. The molecule has 0 atom stereocenters. The number of nitrogens with zero attached hydrogens (tertiary/aromatic N) is 1. The molecule has 0 spiro atoms. The number of hydrogen-bond acceptors (Lipinski definition) is 1. The second-order valence-electron chi connectivity index (χ2n) is 3.96. The first-order valence-corrected chi connectivity index (χ1v) is 5.70. The maximum Gasteiger partial charge on any atom is 0.129 e. The van der Waals surface area contributed by atoms with E-state index in [0.29, 0.717) is 5.15 Å². The van der Waals surface area contributed by atoms with Crippen molar-refractivity contribution in [1.29, 1.82) is 0 Å². The minimum Gasteiger partial charge on any atom is -0.244 e. The minimum atomic E-state index is 0.273. The second kappa shape index (κ2) is 4.43. The SMILES string of the molecule is CC(C)(CBr)Cc1ccc(Cl)nc1. The molecule has 1 aromatic rings. The topological polar surface area (TPSA) is 12.9 Å². The van der Waals surface area contributed by atoms with E-state index >= 15 is 0 Å². The molecule has 0 saturated heterocycles. The fraction of sp³-hybridized carbons (Fsp3) is 0.500. The van der Waals surface area contributed by atoms with Gasteiger partial charge in [-0.15, -0.1) is 0 Å². The number of alkyl halides is 1. The van der Waals surface area contributed by atoms with Crippen LogP contribution in [-0.2, 0) is 6.42 Å². The van der Waals surface area contributed by atoms with Crippen LogP contribution in [0.1, 0.15) is 19.4 Å². The zero-order chi connectivity index (χ0) is 9.90. The highest BCUT2D eigenvalue weighted by Crippen LogP contribution is 2.23. The summed E-state index contributed by atoms with van der Waals surface area (Å²) in [5.74, 6) is 0. The summed E-state index contributed by atoms with van der Waals surface area (Å²) in [5, 5.41) is 1.54. The van der Waals surface area contributed by atoms with Crippen molar-refractivity contribution in [3.8, 4) is 0 Å². The third-order valence-corrected chi connectivity index (χ3v) is 3.57. The van der Waals surface area contributed by atoms with E-state index in [1.165, 1.54) is 5.56 Å². The molecule has 0 saturated carbocycles. The van der Waals surface area contributed by atoms with Crippen LogP contribution in [0.25, 0.3) is 0 Å². The molecule has 0 unspecified atom stereocenters. The molecular formula is C10H13BrClN. The van der Waals surface area contributed by atoms with Crippen molar-refractivity contribution < 1.29 is 0 Å². The molecule has 0 amide bonds. The maximum absolute atomic E-state index is 5.70. The van der Waals surface area contributed by atoms with Gasteiger partial charge in [0.05, 0.1) is 0 Å². The Morgan fingerprint density at radius 3 is 2.62 bits per heavy atom. The quantitative estimate of drug-likeness (QED) is 0.598. The molecule has 0 fully saturated rings. The van der Waals surface area contributed by atoms with Crippen molar-refractivity contribution in [3.05, 3.63) is 29.0 Å². The first-order valence-electron chi connectivity index (χ1n) is 4.20. The first-order chi connectivity index (χ1) is 6.03. The fourth-order valence-corrected chi connectivity index (χ4v) is 1.42. The van der Waals surface area contributed by atoms with E-state index in [2.05, 4.69) is 34.8 Å². The van der Waals surface area contributed by atoms with Crippen molar-refractivity contribution in [1.82, 2.24) is 4.98 Å². The predicted octanol–water partition coefficient (Wildman–Crippen LogP) is 3.70. The van der Waals surface area contributed by atoms with E-state index in [9.17, 15) is 0 Å². The lowest BCUT2D eigenvalue weighted by atomic mass is 9.89. The molecule has 1 rings (SSSR count). The molecule has 0 N–H and O–H groups in total. The molecular weight excluding hydrogens is 249 g/mol. The van der Waals surface area contributed by atoms with Gasteiger partial charge < -0.3 is 0 Å². The summed E-state index contributed by atoms with van der Waals surface area (Å²) in [7, 11) is 0. The molecule has 13 heavy (non-hydrogen) atoms. The van der Waals surface area contributed by atoms with Gasteiger partial charge in [-0.1, -0.05) is 47.4 Å². The lowest BCUT2D eigenvalue weighted by Crippen LogP contribution is -2.16. The van der Waals surface area contributed by atoms with Crippen molar-refractivity contribution >= 4 is 27.5 Å². The third-order valence-electron chi connectivity index (χ3n) is 1.83. The van der Waals surface area contributed by atoms with Gasteiger partial charge in [-0.2, -0.15) is 0 Å². The van der Waals surface area contributed by atoms with Crippen LogP contribution in [-0.4, -0.2) is 10.3 Å². The summed E-state index contributed by atoms with van der Waals surface area (Å²) in [6.45, 7) is 4.44. The summed E-state index contributed by atoms with van der Waals surface area (Å²) in [4.78, 5) is 4.05. The Kier molecular flexibility index (Phi) is 3.74. The summed E-state index contributed by atoms with van der Waals surface area (Å²) in [6, 6.07) is 3.86. The highest BCUT2D eigenvalue weighted by molar-refractivity contribution is 9.09. The second-order valence-corrected chi connectivity index (χ2v) is 4.91. The van der Waals surface area contributed by atoms with Crippen LogP contribution in [0, 0.1) is 5.41 Å². The van der Waals surface area contributed by atoms with Crippen molar-refractivity contribution in [3.63, 3.8) is 0 Å². The average molecular weight is 263 g/mol. The van der Waals surface area contributed by atoms with Gasteiger partial charge in [-0.05, 0) is 23.5 Å². The van der Waals surface area contributed by atoms with Crippen molar-refractivity contribution in [2.75, 3.05) is 5.33 Å². The molecule has 0 aromatic carbocycles. The Bertz CT molecular complexity index is 269. The van der Waals surface area contributed by atoms with Gasteiger partial charge in [0.1, 0.15) is 5.15 Å². The van der Waals surface area contributed by atoms with Crippen LogP contribution in [0.2, 0.25) is 5.15 Å². The number of rotatable bonds is 3. The van der Waals surface area contributed by atoms with E-state index < -0.39 is 0 Å².